The highest BCUT2D eigenvalue weighted by Gasteiger charge is 1.24. The molecule has 0 aromatic carbocycles. The molecule has 0 aromatic heterocycles. The molecule has 0 aliphatic rings. The molecule has 2 nitrogen and oxygen atoms in total. The third kappa shape index (κ3) is 1.82. The molecule has 0 unspecified atom stereocenters. The Morgan fingerprint density at radius 2 is 2.25 bits per heavy atom. The van der Waals surface area contributed by atoms with E-state index >= 15 is 0 Å². The first-order valence-electron chi connectivity index (χ1n) is 0.816. The molecule has 0 rings (SSSR count). The Hall–Kier alpha value is -0.183. The molecule has 0 heterocycles. The maximum Gasteiger partial charge on any atom is 0.0648 e. The fourth-order valence-electron chi connectivity index (χ4n) is 0. The van der Waals surface area contributed by atoms with Crippen LogP contribution in [0.1, 0.15) is 0 Å². The van der Waals surface area contributed by atoms with E-state index < -0.39 is 9.65 Å². The molecule has 0 saturated carbocycles. The molecule has 0 aliphatic heterocycles. The predicted molar refractivity (Wildman–Crippen MR) is 13.4 cm³/mol. The summed E-state index contributed by atoms with van der Waals surface area (Å²) in [6, 6.07) is 0. The lowest BCUT2D eigenvalue weighted by Gasteiger charge is -1.87. The molecule has 4 heavy (non-hydrogen) atoms. The summed E-state index contributed by atoms with van der Waals surface area (Å²) in [5, 5.41) is 0. The van der Waals surface area contributed by atoms with Gasteiger partial charge in [-0.25, -0.2) is 0 Å². The Kier molecular flexibility index (Phi) is 2.69. The van der Waals surface area contributed by atoms with Crippen LogP contribution in [0.4, 0.5) is 0 Å². The molecule has 0 aliphatic carbocycles. The van der Waals surface area contributed by atoms with Crippen LogP contribution in [-0.2, 0) is 8.89 Å². The van der Waals surface area contributed by atoms with E-state index in [0.29, 0.717) is 0 Å². The van der Waals surface area contributed by atoms with E-state index in [9.17, 15) is 0 Å². The van der Waals surface area contributed by atoms with E-state index in [1.807, 2.05) is 0 Å². The third-order valence-corrected chi connectivity index (χ3v) is 0.250. The van der Waals surface area contributed by atoms with E-state index in [1.165, 1.54) is 7.11 Å². The van der Waals surface area contributed by atoms with Crippen molar-refractivity contribution in [2.45, 2.75) is 0 Å². The zero-order chi connectivity index (χ0) is 3.41. The van der Waals surface area contributed by atoms with Crippen LogP contribution < -0.4 is 0 Å². The SMILES string of the molecule is CO[Si-]=O. The van der Waals surface area contributed by atoms with Gasteiger partial charge in [0.05, 0.1) is 9.65 Å². The molecule has 24 valence electrons. The molecule has 0 amide bonds. The summed E-state index contributed by atoms with van der Waals surface area (Å²) in [7, 11) is 0.771. The average molecular weight is 75.1 g/mol. The van der Waals surface area contributed by atoms with Crippen LogP contribution in [0, 0.1) is 0 Å². The lowest BCUT2D eigenvalue weighted by Crippen LogP contribution is -1.71. The smallest absolute Gasteiger partial charge is 0.0648 e. The molecule has 0 aromatic rings. The molecule has 0 N–H and O–H groups in total. The summed E-state index contributed by atoms with van der Waals surface area (Å²) in [6.07, 6.45) is 0. The van der Waals surface area contributed by atoms with E-state index in [2.05, 4.69) is 4.43 Å². The van der Waals surface area contributed by atoms with Crippen LogP contribution in [0.3, 0.4) is 0 Å². The highest BCUT2D eigenvalue weighted by atomic mass is 28.2. The summed E-state index contributed by atoms with van der Waals surface area (Å²) in [5.41, 5.74) is 0. The van der Waals surface area contributed by atoms with E-state index in [0.717, 1.165) is 0 Å². The third-order valence-electron chi connectivity index (χ3n) is 0.0833. The lowest BCUT2D eigenvalue weighted by atomic mass is 11.8. The van der Waals surface area contributed by atoms with Crippen molar-refractivity contribution < 1.29 is 8.89 Å². The van der Waals surface area contributed by atoms with Crippen LogP contribution >= 0.6 is 0 Å². The van der Waals surface area contributed by atoms with Gasteiger partial charge in [-0.05, 0) is 0 Å². The van der Waals surface area contributed by atoms with Crippen molar-refractivity contribution in [2.75, 3.05) is 7.11 Å². The first kappa shape index (κ1) is 3.82. The summed E-state index contributed by atoms with van der Waals surface area (Å²) >= 11 is 0. The van der Waals surface area contributed by atoms with Crippen LogP contribution in [-0.4, -0.2) is 16.8 Å². The number of hydrogen-bond acceptors (Lipinski definition) is 2. The first-order chi connectivity index (χ1) is 1.91. The second-order valence-electron chi connectivity index (χ2n) is 0.287. The highest BCUT2D eigenvalue weighted by molar-refractivity contribution is 6.06. The molecule has 0 radical (unpaired) electrons. The van der Waals surface area contributed by atoms with Gasteiger partial charge in [-0.1, -0.05) is 0 Å². The minimum atomic E-state index is -0.610. The largest absolute Gasteiger partial charge is 0.706 e. The predicted octanol–water partition coefficient (Wildman–Crippen LogP) is -0.403. The molecular formula is CH3O2Si-. The van der Waals surface area contributed by atoms with Crippen LogP contribution in [0.15, 0.2) is 0 Å². The summed E-state index contributed by atoms with van der Waals surface area (Å²) in [4.78, 5) is 0. The molecule has 0 fully saturated rings. The highest BCUT2D eigenvalue weighted by Crippen LogP contribution is 1.32. The summed E-state index contributed by atoms with van der Waals surface area (Å²) in [5.74, 6) is 0. The molecule has 3 heteroatoms. The standard InChI is InChI=1S/CH3O2Si/c1-3-4-2/h1H3/q-1. The fourth-order valence-corrected chi connectivity index (χ4v) is 0. The molecule has 0 bridgehead atoms. The molecule has 0 spiro atoms. The quantitative estimate of drug-likeness (QED) is 0.396. The van der Waals surface area contributed by atoms with Crippen LogP contribution in [0.25, 0.3) is 0 Å². The van der Waals surface area contributed by atoms with Crippen molar-refractivity contribution in [3.05, 3.63) is 0 Å². The minimum absolute atomic E-state index is 0.610. The van der Waals surface area contributed by atoms with E-state index in [-0.39, 0.29) is 0 Å². The van der Waals surface area contributed by atoms with E-state index in [4.69, 9.17) is 4.46 Å². The Balaban J connectivity index is 2.30. The average Bonchev–Trinajstić information content (AvgIpc) is 1.37. The topological polar surface area (TPSA) is 26.3 Å². The zero-order valence-electron chi connectivity index (χ0n) is 2.32. The van der Waals surface area contributed by atoms with Crippen molar-refractivity contribution >= 4 is 9.65 Å². The Bertz CT molecular complexity index is 20.0. The minimum Gasteiger partial charge on any atom is -0.706 e. The zero-order valence-corrected chi connectivity index (χ0v) is 3.32. The van der Waals surface area contributed by atoms with Crippen molar-refractivity contribution in [2.24, 2.45) is 0 Å². The molecular weight excluding hydrogens is 72.1 g/mol. The fraction of sp³-hybridized carbons (Fsp3) is 1.00. The number of hydrogen-bond donors (Lipinski definition) is 0. The van der Waals surface area contributed by atoms with Gasteiger partial charge in [0.2, 0.25) is 0 Å². The second-order valence-corrected chi connectivity index (χ2v) is 0.862. The summed E-state index contributed by atoms with van der Waals surface area (Å²) in [6.45, 7) is 0. The Labute approximate surface area is 26.8 Å². The van der Waals surface area contributed by atoms with Gasteiger partial charge in [0.1, 0.15) is 0 Å². The van der Waals surface area contributed by atoms with Gasteiger partial charge in [-0.3, -0.25) is 0 Å². The van der Waals surface area contributed by atoms with Crippen LogP contribution in [0.5, 0.6) is 0 Å². The number of rotatable bonds is 1. The van der Waals surface area contributed by atoms with E-state index in [1.54, 1.807) is 0 Å². The molecule has 0 atom stereocenters. The normalized spacial score (nSPS) is 5.25. The van der Waals surface area contributed by atoms with Crippen molar-refractivity contribution in [3.8, 4) is 0 Å². The van der Waals surface area contributed by atoms with Crippen molar-refractivity contribution in [1.82, 2.24) is 0 Å². The van der Waals surface area contributed by atoms with Crippen LogP contribution in [0.2, 0.25) is 0 Å². The second kappa shape index (κ2) is 2.82. The van der Waals surface area contributed by atoms with Gasteiger partial charge in [0.15, 0.2) is 0 Å². The Morgan fingerprint density at radius 1 is 2.00 bits per heavy atom. The van der Waals surface area contributed by atoms with Gasteiger partial charge in [0, 0.05) is 7.11 Å². The Morgan fingerprint density at radius 3 is 2.25 bits per heavy atom. The van der Waals surface area contributed by atoms with Crippen molar-refractivity contribution in [1.29, 1.82) is 0 Å². The first-order valence-corrected chi connectivity index (χ1v) is 1.63. The van der Waals surface area contributed by atoms with Gasteiger partial charge < -0.3 is 8.89 Å². The van der Waals surface area contributed by atoms with Crippen molar-refractivity contribution in [3.63, 3.8) is 0 Å². The monoisotopic (exact) mass is 75.0 g/mol. The van der Waals surface area contributed by atoms with Gasteiger partial charge >= 0.3 is 0 Å². The van der Waals surface area contributed by atoms with Gasteiger partial charge in [-0.2, -0.15) is 0 Å². The maximum atomic E-state index is 9.10. The lowest BCUT2D eigenvalue weighted by molar-refractivity contribution is 0.391. The summed E-state index contributed by atoms with van der Waals surface area (Å²) < 4.78 is 13.1. The van der Waals surface area contributed by atoms with Gasteiger partial charge in [0.25, 0.3) is 0 Å². The maximum absolute atomic E-state index is 9.10. The van der Waals surface area contributed by atoms with Gasteiger partial charge in [-0.15, -0.1) is 0 Å². The molecule has 0 saturated heterocycles.